The van der Waals surface area contributed by atoms with Crippen molar-refractivity contribution in [2.45, 2.75) is 58.3 Å². The van der Waals surface area contributed by atoms with Crippen molar-refractivity contribution in [2.24, 2.45) is 5.92 Å². The summed E-state index contributed by atoms with van der Waals surface area (Å²) in [6.45, 7) is 5.40. The Labute approximate surface area is 165 Å². The average Bonchev–Trinajstić information content (AvgIpc) is 3.35. The monoisotopic (exact) mass is 383 g/mol. The number of carbonyl (C=O) groups excluding carboxylic acids is 2. The molecule has 3 rings (SSSR count). The summed E-state index contributed by atoms with van der Waals surface area (Å²) in [6, 6.07) is 8.45. The highest BCUT2D eigenvalue weighted by Crippen LogP contribution is 2.30. The number of Topliss-reactive ketones (excluding diaryl/α,β-unsaturated/α-hetero) is 1. The van der Waals surface area contributed by atoms with Gasteiger partial charge < -0.3 is 4.90 Å². The molecule has 1 aliphatic heterocycles. The van der Waals surface area contributed by atoms with E-state index >= 15 is 0 Å². The Bertz CT molecular complexity index is 773. The molecule has 2 atom stereocenters. The molecule has 2 aromatic rings. The molecule has 0 bridgehead atoms. The number of carbonyl (C=O) groups is 2. The third-order valence-electron chi connectivity index (χ3n) is 5.62. The van der Waals surface area contributed by atoms with Crippen LogP contribution >= 0.6 is 0 Å². The minimum Gasteiger partial charge on any atom is -0.342 e. The number of hydrogen-bond acceptors (Lipinski definition) is 5. The third kappa shape index (κ3) is 5.03. The van der Waals surface area contributed by atoms with Crippen molar-refractivity contribution in [2.75, 3.05) is 13.1 Å². The van der Waals surface area contributed by atoms with Crippen LogP contribution in [0.15, 0.2) is 24.3 Å². The van der Waals surface area contributed by atoms with Gasteiger partial charge in [-0.25, -0.2) is 0 Å². The second-order valence-electron chi connectivity index (χ2n) is 7.64. The summed E-state index contributed by atoms with van der Waals surface area (Å²) >= 11 is 0. The van der Waals surface area contributed by atoms with E-state index < -0.39 is 0 Å². The van der Waals surface area contributed by atoms with Crippen molar-refractivity contribution in [3.63, 3.8) is 0 Å². The van der Waals surface area contributed by atoms with Crippen LogP contribution < -0.4 is 0 Å². The first-order chi connectivity index (χ1) is 13.6. The fraction of sp³-hybridized carbons (Fsp3) is 0.571. The average molecular weight is 383 g/mol. The lowest BCUT2D eigenvalue weighted by Crippen LogP contribution is -2.26. The highest BCUT2D eigenvalue weighted by atomic mass is 16.2. The van der Waals surface area contributed by atoms with E-state index in [0.717, 1.165) is 44.3 Å². The van der Waals surface area contributed by atoms with E-state index in [9.17, 15) is 9.59 Å². The molecule has 0 aliphatic carbocycles. The van der Waals surface area contributed by atoms with Gasteiger partial charge in [-0.3, -0.25) is 9.59 Å². The molecule has 1 fully saturated rings. The summed E-state index contributed by atoms with van der Waals surface area (Å²) in [5.41, 5.74) is 2.37. The van der Waals surface area contributed by atoms with Crippen LogP contribution in [0, 0.1) is 5.92 Å². The summed E-state index contributed by atoms with van der Waals surface area (Å²) in [4.78, 5) is 25.9. The van der Waals surface area contributed by atoms with Gasteiger partial charge in [-0.1, -0.05) is 42.8 Å². The van der Waals surface area contributed by atoms with Gasteiger partial charge in [0.15, 0.2) is 5.82 Å². The second kappa shape index (κ2) is 9.57. The van der Waals surface area contributed by atoms with E-state index in [-0.39, 0.29) is 23.5 Å². The van der Waals surface area contributed by atoms with Gasteiger partial charge in [-0.05, 0) is 43.7 Å². The van der Waals surface area contributed by atoms with Gasteiger partial charge in [0.2, 0.25) is 5.91 Å². The van der Waals surface area contributed by atoms with Crippen LogP contribution in [0.1, 0.15) is 62.4 Å². The molecule has 1 aliphatic rings. The lowest BCUT2D eigenvalue weighted by molar-refractivity contribution is -0.127. The van der Waals surface area contributed by atoms with Gasteiger partial charge in [-0.2, -0.15) is 5.21 Å². The Morgan fingerprint density at radius 2 is 2.00 bits per heavy atom. The molecule has 0 unspecified atom stereocenters. The SMILES string of the molecule is CCC[C@H](C(C)=O)[C@H](Cc1ccc(CCN2CCCC2=O)cc1)c1nn[nH]n1. The number of likely N-dealkylation sites (tertiary alicyclic amines) is 1. The van der Waals surface area contributed by atoms with E-state index in [1.807, 2.05) is 4.90 Å². The van der Waals surface area contributed by atoms with E-state index in [4.69, 9.17) is 0 Å². The molecule has 0 saturated carbocycles. The molecule has 7 nitrogen and oxygen atoms in total. The molecule has 7 heteroatoms. The highest BCUT2D eigenvalue weighted by Gasteiger charge is 2.29. The van der Waals surface area contributed by atoms with Gasteiger partial charge in [0.1, 0.15) is 5.78 Å². The van der Waals surface area contributed by atoms with Crippen molar-refractivity contribution >= 4 is 11.7 Å². The van der Waals surface area contributed by atoms with E-state index in [1.54, 1.807) is 6.92 Å². The zero-order valence-corrected chi connectivity index (χ0v) is 16.7. The maximum absolute atomic E-state index is 12.2. The maximum atomic E-state index is 12.2. The van der Waals surface area contributed by atoms with Gasteiger partial charge in [0.05, 0.1) is 0 Å². The molecule has 1 aromatic heterocycles. The molecule has 2 heterocycles. The number of H-pyrrole nitrogens is 1. The topological polar surface area (TPSA) is 91.8 Å². The minimum absolute atomic E-state index is 0.0794. The fourth-order valence-electron chi connectivity index (χ4n) is 4.04. The smallest absolute Gasteiger partial charge is 0.222 e. The van der Waals surface area contributed by atoms with Crippen molar-refractivity contribution in [1.82, 2.24) is 25.5 Å². The van der Waals surface area contributed by atoms with Crippen molar-refractivity contribution in [3.05, 3.63) is 41.2 Å². The number of tetrazole rings is 1. The van der Waals surface area contributed by atoms with E-state index in [2.05, 4.69) is 51.8 Å². The number of hydrogen-bond donors (Lipinski definition) is 1. The predicted molar refractivity (Wildman–Crippen MR) is 106 cm³/mol. The van der Waals surface area contributed by atoms with Crippen LogP contribution in [-0.4, -0.2) is 50.3 Å². The van der Waals surface area contributed by atoms with Crippen LogP contribution in [0.3, 0.4) is 0 Å². The molecule has 0 spiro atoms. The number of nitrogens with zero attached hydrogens (tertiary/aromatic N) is 4. The Morgan fingerprint density at radius 3 is 2.57 bits per heavy atom. The quantitative estimate of drug-likeness (QED) is 0.681. The zero-order chi connectivity index (χ0) is 19.9. The third-order valence-corrected chi connectivity index (χ3v) is 5.62. The molecule has 1 amide bonds. The van der Waals surface area contributed by atoms with E-state index in [1.165, 1.54) is 5.56 Å². The lowest BCUT2D eigenvalue weighted by atomic mass is 9.81. The van der Waals surface area contributed by atoms with Crippen LogP contribution in [-0.2, 0) is 22.4 Å². The number of amides is 1. The molecule has 0 radical (unpaired) electrons. The Kier molecular flexibility index (Phi) is 6.90. The van der Waals surface area contributed by atoms with Gasteiger partial charge >= 0.3 is 0 Å². The standard InChI is InChI=1S/C21H29N5O2/c1-3-5-18(15(2)27)19(21-22-24-25-23-21)14-17-9-7-16(8-10-17)11-13-26-12-4-6-20(26)28/h7-10,18-19H,3-6,11-14H2,1-2H3,(H,22,23,24,25)/t18-,19+/m1/s1. The summed E-state index contributed by atoms with van der Waals surface area (Å²) in [7, 11) is 0. The van der Waals surface area contributed by atoms with Crippen LogP contribution in [0.4, 0.5) is 0 Å². The highest BCUT2D eigenvalue weighted by molar-refractivity contribution is 5.79. The zero-order valence-electron chi connectivity index (χ0n) is 16.7. The normalized spacial score (nSPS) is 16.4. The molecule has 1 N–H and O–H groups in total. The van der Waals surface area contributed by atoms with Crippen LogP contribution in [0.5, 0.6) is 0 Å². The number of benzene rings is 1. The number of aromatic amines is 1. The Balaban J connectivity index is 1.67. The maximum Gasteiger partial charge on any atom is 0.222 e. The molecule has 1 saturated heterocycles. The Hall–Kier alpha value is -2.57. The lowest BCUT2D eigenvalue weighted by Gasteiger charge is -2.22. The van der Waals surface area contributed by atoms with Gasteiger partial charge in [0.25, 0.3) is 0 Å². The minimum atomic E-state index is -0.108. The first-order valence-electron chi connectivity index (χ1n) is 10.2. The Morgan fingerprint density at radius 1 is 1.25 bits per heavy atom. The predicted octanol–water partition coefficient (Wildman–Crippen LogP) is 2.70. The molecular weight excluding hydrogens is 354 g/mol. The van der Waals surface area contributed by atoms with Crippen molar-refractivity contribution in [3.8, 4) is 0 Å². The number of aromatic nitrogens is 4. The van der Waals surface area contributed by atoms with Crippen LogP contribution in [0.2, 0.25) is 0 Å². The number of ketones is 1. The van der Waals surface area contributed by atoms with Crippen molar-refractivity contribution < 1.29 is 9.59 Å². The summed E-state index contributed by atoms with van der Waals surface area (Å²) in [5, 5.41) is 14.5. The first-order valence-corrected chi connectivity index (χ1v) is 10.2. The fourth-order valence-corrected chi connectivity index (χ4v) is 4.04. The van der Waals surface area contributed by atoms with Gasteiger partial charge in [-0.15, -0.1) is 10.2 Å². The van der Waals surface area contributed by atoms with Crippen molar-refractivity contribution in [1.29, 1.82) is 0 Å². The number of rotatable bonds is 10. The molecule has 28 heavy (non-hydrogen) atoms. The summed E-state index contributed by atoms with van der Waals surface area (Å²) in [6.07, 6.45) is 4.99. The molecule has 1 aromatic carbocycles. The summed E-state index contributed by atoms with van der Waals surface area (Å²) in [5.74, 6) is 0.854. The van der Waals surface area contributed by atoms with Gasteiger partial charge in [0, 0.05) is 31.3 Å². The molecular formula is C21H29N5O2. The first kappa shape index (κ1) is 20.2. The van der Waals surface area contributed by atoms with E-state index in [0.29, 0.717) is 18.7 Å². The molecule has 150 valence electrons. The number of nitrogens with one attached hydrogen (secondary N) is 1. The summed E-state index contributed by atoms with van der Waals surface area (Å²) < 4.78 is 0. The second-order valence-corrected chi connectivity index (χ2v) is 7.64. The van der Waals surface area contributed by atoms with Crippen LogP contribution in [0.25, 0.3) is 0 Å². The largest absolute Gasteiger partial charge is 0.342 e.